The number of H-pyrrole nitrogens is 2. The molecule has 0 atom stereocenters. The highest BCUT2D eigenvalue weighted by atomic mass is 16.5. The minimum Gasteiger partial charge on any atom is -0.390 e. The van der Waals surface area contributed by atoms with E-state index in [1.54, 1.807) is 0 Å². The molecule has 4 aromatic heterocycles. The van der Waals surface area contributed by atoms with E-state index >= 15 is 0 Å². The molecule has 7 heterocycles. The van der Waals surface area contributed by atoms with Crippen molar-refractivity contribution in [3.8, 4) is 22.8 Å². The molecule has 3 aliphatic heterocycles. The molecule has 0 unspecified atom stereocenters. The van der Waals surface area contributed by atoms with Crippen LogP contribution in [0.4, 0.5) is 11.6 Å². The Bertz CT molecular complexity index is 2060. The number of ether oxygens (including phenoxy) is 3. The van der Waals surface area contributed by atoms with Crippen LogP contribution in [0.25, 0.3) is 44.6 Å². The van der Waals surface area contributed by atoms with Gasteiger partial charge in [0.2, 0.25) is 0 Å². The number of morpholine rings is 3. The van der Waals surface area contributed by atoms with Crippen molar-refractivity contribution in [3.63, 3.8) is 0 Å². The summed E-state index contributed by atoms with van der Waals surface area (Å²) in [6.07, 6.45) is 3.88. The van der Waals surface area contributed by atoms with Crippen LogP contribution in [-0.4, -0.2) is 119 Å². The molecule has 0 spiro atoms. The van der Waals surface area contributed by atoms with E-state index in [-0.39, 0.29) is 6.61 Å². The summed E-state index contributed by atoms with van der Waals surface area (Å²) in [5, 5.41) is 11.8. The highest BCUT2D eigenvalue weighted by Gasteiger charge is 2.19. The topological polar surface area (TPSA) is 141 Å². The third kappa shape index (κ3) is 7.87. The minimum absolute atomic E-state index is 0.0980. The van der Waals surface area contributed by atoms with Gasteiger partial charge >= 0.3 is 0 Å². The van der Waals surface area contributed by atoms with Crippen LogP contribution >= 0.6 is 0 Å². The van der Waals surface area contributed by atoms with E-state index < -0.39 is 0 Å². The SMILES string of the molecule is OCc1cc(N2CCOCC2)nc(-c2ccc3[nH]ccc3c2)n1.c1cc2cc(-c3nc(CN4CCOCC4)cc(N4CCOCC4)n3)ccc2[nH]1. The van der Waals surface area contributed by atoms with Crippen molar-refractivity contribution in [1.29, 1.82) is 0 Å². The number of hydrogen-bond acceptors (Lipinski definition) is 11. The first-order valence-electron chi connectivity index (χ1n) is 17.7. The first kappa shape index (κ1) is 33.2. The molecule has 2 aromatic carbocycles. The van der Waals surface area contributed by atoms with E-state index in [1.807, 2.05) is 36.7 Å². The molecule has 3 saturated heterocycles. The van der Waals surface area contributed by atoms with Gasteiger partial charge in [-0.25, -0.2) is 19.9 Å². The minimum atomic E-state index is -0.0980. The number of benzene rings is 2. The Labute approximate surface area is 296 Å². The molecule has 3 aliphatic rings. The van der Waals surface area contributed by atoms with Gasteiger partial charge in [-0.15, -0.1) is 0 Å². The molecule has 9 rings (SSSR count). The Hall–Kier alpha value is -4.92. The highest BCUT2D eigenvalue weighted by Crippen LogP contribution is 2.26. The van der Waals surface area contributed by atoms with Gasteiger partial charge in [0.1, 0.15) is 11.6 Å². The molecule has 0 bridgehead atoms. The third-order valence-electron chi connectivity index (χ3n) is 9.48. The Morgan fingerprint density at radius 2 is 1.02 bits per heavy atom. The molecule has 3 N–H and O–H groups in total. The number of aromatic amines is 2. The number of aliphatic hydroxyl groups excluding tert-OH is 1. The molecule has 13 heteroatoms. The third-order valence-corrected chi connectivity index (χ3v) is 9.48. The van der Waals surface area contributed by atoms with Gasteiger partial charge in [-0.1, -0.05) is 0 Å². The number of nitrogens with one attached hydrogen (secondary N) is 2. The number of aliphatic hydroxyl groups is 1. The second-order valence-corrected chi connectivity index (χ2v) is 12.9. The zero-order valence-electron chi connectivity index (χ0n) is 28.6. The van der Waals surface area contributed by atoms with Crippen LogP contribution in [0.3, 0.4) is 0 Å². The summed E-state index contributed by atoms with van der Waals surface area (Å²) in [6.45, 7) is 10.4. The average molecular weight is 690 g/mol. The van der Waals surface area contributed by atoms with Crippen LogP contribution in [0.1, 0.15) is 11.4 Å². The lowest BCUT2D eigenvalue weighted by molar-refractivity contribution is 0.0336. The van der Waals surface area contributed by atoms with Gasteiger partial charge in [0.15, 0.2) is 11.6 Å². The number of fused-ring (bicyclic) bond motifs is 2. The van der Waals surface area contributed by atoms with Crippen LogP contribution in [-0.2, 0) is 27.4 Å². The van der Waals surface area contributed by atoms with Gasteiger partial charge in [0.25, 0.3) is 0 Å². The van der Waals surface area contributed by atoms with Gasteiger partial charge in [-0.05, 0) is 48.5 Å². The van der Waals surface area contributed by atoms with Crippen molar-refractivity contribution in [3.05, 3.63) is 84.4 Å². The number of nitrogens with zero attached hydrogens (tertiary/aromatic N) is 7. The number of aromatic nitrogens is 6. The predicted octanol–water partition coefficient (Wildman–Crippen LogP) is 4.25. The van der Waals surface area contributed by atoms with Crippen LogP contribution in [0.15, 0.2) is 73.1 Å². The van der Waals surface area contributed by atoms with Crippen LogP contribution in [0, 0.1) is 0 Å². The summed E-state index contributed by atoms with van der Waals surface area (Å²) in [7, 11) is 0. The maximum Gasteiger partial charge on any atom is 0.161 e. The number of rotatable bonds is 7. The standard InChI is InChI=1S/C21H25N5O2.C17H18N4O2/c1-2-19-16(3-4-22-19)13-17(1)21-23-18(15-25-5-9-27-10-6-25)14-20(24-21)26-7-11-28-12-8-26;22-11-14-10-16(21-5-7-23-8-6-21)20-17(19-14)13-1-2-15-12(9-13)3-4-18-15/h1-4,13-14,22H,5-12,15H2;1-4,9-10,18,22H,5-8,11H2. The molecule has 0 radical (unpaired) electrons. The lowest BCUT2D eigenvalue weighted by atomic mass is 10.1. The maximum atomic E-state index is 9.53. The second kappa shape index (κ2) is 15.5. The molecular formula is C38H43N9O4. The summed E-state index contributed by atoms with van der Waals surface area (Å²) in [4.78, 5) is 32.3. The molecule has 13 nitrogen and oxygen atoms in total. The fourth-order valence-corrected chi connectivity index (χ4v) is 6.67. The van der Waals surface area contributed by atoms with E-state index in [0.717, 1.165) is 123 Å². The zero-order chi connectivity index (χ0) is 34.4. The molecule has 6 aromatic rings. The predicted molar refractivity (Wildman–Crippen MR) is 197 cm³/mol. The van der Waals surface area contributed by atoms with Gasteiger partial charge in [0.05, 0.1) is 57.6 Å². The molecule has 0 amide bonds. The van der Waals surface area contributed by atoms with Gasteiger partial charge in [0, 0.05) is 103 Å². The fourth-order valence-electron chi connectivity index (χ4n) is 6.67. The normalized spacial score (nSPS) is 17.1. The smallest absolute Gasteiger partial charge is 0.161 e. The van der Waals surface area contributed by atoms with Crippen molar-refractivity contribution in [2.75, 3.05) is 88.7 Å². The van der Waals surface area contributed by atoms with E-state index in [0.29, 0.717) is 24.7 Å². The summed E-state index contributed by atoms with van der Waals surface area (Å²) in [6, 6.07) is 20.5. The van der Waals surface area contributed by atoms with Crippen LogP contribution in [0.2, 0.25) is 0 Å². The molecule has 51 heavy (non-hydrogen) atoms. The molecule has 0 aliphatic carbocycles. The molecule has 264 valence electrons. The van der Waals surface area contributed by atoms with Gasteiger partial charge in [-0.2, -0.15) is 0 Å². The van der Waals surface area contributed by atoms with Crippen molar-refractivity contribution < 1.29 is 19.3 Å². The lowest BCUT2D eigenvalue weighted by Gasteiger charge is -2.29. The molecular weight excluding hydrogens is 646 g/mol. The summed E-state index contributed by atoms with van der Waals surface area (Å²) < 4.78 is 16.4. The van der Waals surface area contributed by atoms with Crippen molar-refractivity contribution in [2.45, 2.75) is 13.2 Å². The van der Waals surface area contributed by atoms with Crippen molar-refractivity contribution >= 4 is 33.4 Å². The zero-order valence-corrected chi connectivity index (χ0v) is 28.6. The fraction of sp³-hybridized carbons (Fsp3) is 0.368. The van der Waals surface area contributed by atoms with Crippen molar-refractivity contribution in [2.24, 2.45) is 0 Å². The van der Waals surface area contributed by atoms with Gasteiger partial charge in [-0.3, -0.25) is 4.90 Å². The summed E-state index contributed by atoms with van der Waals surface area (Å²) in [5.74, 6) is 3.26. The maximum absolute atomic E-state index is 9.53. The average Bonchev–Trinajstić information content (AvgIpc) is 3.88. The number of anilines is 2. The lowest BCUT2D eigenvalue weighted by Crippen LogP contribution is -2.37. The Morgan fingerprint density at radius 3 is 1.53 bits per heavy atom. The molecule has 3 fully saturated rings. The van der Waals surface area contributed by atoms with E-state index in [4.69, 9.17) is 29.2 Å². The highest BCUT2D eigenvalue weighted by molar-refractivity contribution is 5.85. The summed E-state index contributed by atoms with van der Waals surface area (Å²) >= 11 is 0. The van der Waals surface area contributed by atoms with Crippen molar-refractivity contribution in [1.82, 2.24) is 34.8 Å². The van der Waals surface area contributed by atoms with Crippen LogP contribution in [0.5, 0.6) is 0 Å². The first-order chi connectivity index (χ1) is 25.2. The first-order valence-corrected chi connectivity index (χ1v) is 17.7. The molecule has 0 saturated carbocycles. The monoisotopic (exact) mass is 689 g/mol. The largest absolute Gasteiger partial charge is 0.390 e. The Kier molecular flexibility index (Phi) is 10.1. The Morgan fingerprint density at radius 1 is 0.549 bits per heavy atom. The number of hydrogen-bond donors (Lipinski definition) is 3. The quantitative estimate of drug-likeness (QED) is 0.222. The van der Waals surface area contributed by atoms with E-state index in [1.165, 1.54) is 5.39 Å². The van der Waals surface area contributed by atoms with Crippen LogP contribution < -0.4 is 9.80 Å². The van der Waals surface area contributed by atoms with E-state index in [2.05, 4.69) is 66.0 Å². The van der Waals surface area contributed by atoms with E-state index in [9.17, 15) is 5.11 Å². The summed E-state index contributed by atoms with van der Waals surface area (Å²) in [5.41, 5.74) is 5.89. The Balaban J connectivity index is 0.000000150. The van der Waals surface area contributed by atoms with Gasteiger partial charge < -0.3 is 39.1 Å². The second-order valence-electron chi connectivity index (χ2n) is 12.9.